The number of carbonyl (C=O) groups is 3. The summed E-state index contributed by atoms with van der Waals surface area (Å²) in [6, 6.07) is 7.50. The van der Waals surface area contributed by atoms with Gasteiger partial charge in [-0.3, -0.25) is 19.3 Å². The van der Waals surface area contributed by atoms with Gasteiger partial charge in [0.25, 0.3) is 0 Å². The van der Waals surface area contributed by atoms with Crippen LogP contribution in [0.3, 0.4) is 0 Å². The van der Waals surface area contributed by atoms with Crippen LogP contribution in [0.2, 0.25) is 0 Å². The summed E-state index contributed by atoms with van der Waals surface area (Å²) in [5, 5.41) is 2.78. The topological polar surface area (TPSA) is 66.5 Å². The van der Waals surface area contributed by atoms with E-state index in [-0.39, 0.29) is 42.5 Å². The van der Waals surface area contributed by atoms with Crippen LogP contribution in [0.4, 0.5) is 5.69 Å². The number of imide groups is 1. The molecule has 2 aliphatic rings. The van der Waals surface area contributed by atoms with Gasteiger partial charge < -0.3 is 5.32 Å². The van der Waals surface area contributed by atoms with E-state index in [1.54, 1.807) is 0 Å². The molecule has 120 valence electrons. The lowest BCUT2D eigenvalue weighted by molar-refractivity contribution is -0.140. The highest BCUT2D eigenvalue weighted by atomic mass is 16.2. The summed E-state index contributed by atoms with van der Waals surface area (Å²) in [6.07, 6.45) is 5.29. The third-order valence-corrected chi connectivity index (χ3v) is 4.50. The third-order valence-electron chi connectivity index (χ3n) is 4.50. The molecule has 0 unspecified atom stereocenters. The summed E-state index contributed by atoms with van der Waals surface area (Å²) in [7, 11) is 0. The van der Waals surface area contributed by atoms with Crippen LogP contribution in [-0.4, -0.2) is 29.2 Å². The van der Waals surface area contributed by atoms with Crippen molar-refractivity contribution in [2.45, 2.75) is 26.2 Å². The van der Waals surface area contributed by atoms with E-state index >= 15 is 0 Å². The standard InChI is InChI=1S/C18H20N2O3/c1-12-6-8-13(9-7-12)19-16(21)10-11-20-17(22)14-4-2-3-5-15(14)18(20)23/h2-3,6-9,14-15H,4-5,10-11H2,1H3,(H,19,21)/t14-,15-/m0/s1. The Morgan fingerprint density at radius 2 is 1.65 bits per heavy atom. The number of hydrogen-bond acceptors (Lipinski definition) is 3. The van der Waals surface area contributed by atoms with E-state index in [4.69, 9.17) is 0 Å². The Kier molecular flexibility index (Phi) is 4.28. The normalized spacial score (nSPS) is 23.1. The Bertz CT molecular complexity index is 637. The van der Waals surface area contributed by atoms with Crippen molar-refractivity contribution in [3.8, 4) is 0 Å². The van der Waals surface area contributed by atoms with Crippen LogP contribution < -0.4 is 5.32 Å². The smallest absolute Gasteiger partial charge is 0.233 e. The van der Waals surface area contributed by atoms with Crippen molar-refractivity contribution in [2.75, 3.05) is 11.9 Å². The molecule has 5 heteroatoms. The van der Waals surface area contributed by atoms with Crippen LogP contribution in [-0.2, 0) is 14.4 Å². The van der Waals surface area contributed by atoms with Gasteiger partial charge in [0.2, 0.25) is 17.7 Å². The summed E-state index contributed by atoms with van der Waals surface area (Å²) < 4.78 is 0. The number of nitrogens with one attached hydrogen (secondary N) is 1. The van der Waals surface area contributed by atoms with Crippen LogP contribution in [0.1, 0.15) is 24.8 Å². The van der Waals surface area contributed by atoms with E-state index in [1.165, 1.54) is 4.90 Å². The van der Waals surface area contributed by atoms with Gasteiger partial charge >= 0.3 is 0 Å². The molecule has 0 bridgehead atoms. The summed E-state index contributed by atoms with van der Waals surface area (Å²) in [5.41, 5.74) is 1.84. The molecule has 2 atom stereocenters. The van der Waals surface area contributed by atoms with Gasteiger partial charge in [0, 0.05) is 18.7 Å². The second-order valence-corrected chi connectivity index (χ2v) is 6.15. The zero-order valence-electron chi connectivity index (χ0n) is 13.1. The first-order chi connectivity index (χ1) is 11.1. The van der Waals surface area contributed by atoms with E-state index in [1.807, 2.05) is 43.3 Å². The monoisotopic (exact) mass is 312 g/mol. The van der Waals surface area contributed by atoms with Gasteiger partial charge in [-0.1, -0.05) is 29.8 Å². The number of rotatable bonds is 4. The fourth-order valence-corrected chi connectivity index (χ4v) is 3.16. The Morgan fingerprint density at radius 1 is 1.09 bits per heavy atom. The van der Waals surface area contributed by atoms with Crippen molar-refractivity contribution in [1.82, 2.24) is 4.90 Å². The molecule has 3 rings (SSSR count). The van der Waals surface area contributed by atoms with Crippen molar-refractivity contribution in [1.29, 1.82) is 0 Å². The molecule has 3 amide bonds. The first kappa shape index (κ1) is 15.5. The van der Waals surface area contributed by atoms with Crippen LogP contribution in [0.5, 0.6) is 0 Å². The molecule has 1 aliphatic heterocycles. The number of hydrogen-bond donors (Lipinski definition) is 1. The molecule has 1 N–H and O–H groups in total. The Morgan fingerprint density at radius 3 is 2.22 bits per heavy atom. The van der Waals surface area contributed by atoms with E-state index in [2.05, 4.69) is 5.32 Å². The van der Waals surface area contributed by atoms with Gasteiger partial charge in [0.15, 0.2) is 0 Å². The highest BCUT2D eigenvalue weighted by Gasteiger charge is 2.46. The molecular formula is C18H20N2O3. The average Bonchev–Trinajstić information content (AvgIpc) is 2.80. The first-order valence-electron chi connectivity index (χ1n) is 7.93. The Hall–Kier alpha value is -2.43. The van der Waals surface area contributed by atoms with Gasteiger partial charge in [-0.2, -0.15) is 0 Å². The van der Waals surface area contributed by atoms with Crippen LogP contribution >= 0.6 is 0 Å². The highest BCUT2D eigenvalue weighted by molar-refractivity contribution is 6.05. The number of aryl methyl sites for hydroxylation is 1. The number of allylic oxidation sites excluding steroid dienone is 2. The van der Waals surface area contributed by atoms with Crippen molar-refractivity contribution in [3.05, 3.63) is 42.0 Å². The van der Waals surface area contributed by atoms with Crippen molar-refractivity contribution in [3.63, 3.8) is 0 Å². The van der Waals surface area contributed by atoms with Crippen molar-refractivity contribution >= 4 is 23.4 Å². The lowest BCUT2D eigenvalue weighted by Crippen LogP contribution is -2.34. The van der Waals surface area contributed by atoms with Gasteiger partial charge in [-0.15, -0.1) is 0 Å². The van der Waals surface area contributed by atoms with E-state index in [9.17, 15) is 14.4 Å². The minimum atomic E-state index is -0.229. The molecule has 1 aromatic carbocycles. The number of likely N-dealkylation sites (tertiary alicyclic amines) is 1. The van der Waals surface area contributed by atoms with Crippen LogP contribution in [0, 0.1) is 18.8 Å². The Labute approximate surface area is 135 Å². The second kappa shape index (κ2) is 6.36. The van der Waals surface area contributed by atoms with E-state index < -0.39 is 0 Å². The molecule has 23 heavy (non-hydrogen) atoms. The van der Waals surface area contributed by atoms with E-state index in [0.29, 0.717) is 12.8 Å². The number of carbonyl (C=O) groups excluding carboxylic acids is 3. The number of nitrogens with zero attached hydrogens (tertiary/aromatic N) is 1. The maximum Gasteiger partial charge on any atom is 0.233 e. The predicted octanol–water partition coefficient (Wildman–Crippen LogP) is 2.27. The summed E-state index contributed by atoms with van der Waals surface area (Å²) in [5.74, 6) is -0.914. The Balaban J connectivity index is 1.56. The minimum absolute atomic E-state index is 0.123. The zero-order valence-corrected chi connectivity index (χ0v) is 13.1. The second-order valence-electron chi connectivity index (χ2n) is 6.15. The van der Waals surface area contributed by atoms with Gasteiger partial charge in [0.1, 0.15) is 0 Å². The molecule has 1 aliphatic carbocycles. The predicted molar refractivity (Wildman–Crippen MR) is 86.5 cm³/mol. The fraction of sp³-hybridized carbons (Fsp3) is 0.389. The molecule has 0 radical (unpaired) electrons. The SMILES string of the molecule is Cc1ccc(NC(=O)CCN2C(=O)[C@H]3CC=CC[C@@H]3C2=O)cc1. The largest absolute Gasteiger partial charge is 0.326 e. The molecule has 5 nitrogen and oxygen atoms in total. The minimum Gasteiger partial charge on any atom is -0.326 e. The maximum atomic E-state index is 12.3. The van der Waals surface area contributed by atoms with Gasteiger partial charge in [-0.05, 0) is 31.9 Å². The molecule has 0 spiro atoms. The molecule has 0 saturated carbocycles. The molecule has 1 fully saturated rings. The third kappa shape index (κ3) is 3.18. The molecular weight excluding hydrogens is 292 g/mol. The molecule has 0 aromatic heterocycles. The fourth-order valence-electron chi connectivity index (χ4n) is 3.16. The summed E-state index contributed by atoms with van der Waals surface area (Å²) in [6.45, 7) is 2.13. The molecule has 1 heterocycles. The van der Waals surface area contributed by atoms with Crippen LogP contribution in [0.15, 0.2) is 36.4 Å². The number of amides is 3. The van der Waals surface area contributed by atoms with Crippen molar-refractivity contribution in [2.24, 2.45) is 11.8 Å². The van der Waals surface area contributed by atoms with Gasteiger partial charge in [-0.25, -0.2) is 0 Å². The maximum absolute atomic E-state index is 12.3. The number of benzene rings is 1. The first-order valence-corrected chi connectivity index (χ1v) is 7.93. The molecule has 1 aromatic rings. The van der Waals surface area contributed by atoms with E-state index in [0.717, 1.165) is 11.3 Å². The lowest BCUT2D eigenvalue weighted by Gasteiger charge is -2.14. The highest BCUT2D eigenvalue weighted by Crippen LogP contribution is 2.34. The molecule has 1 saturated heterocycles. The lowest BCUT2D eigenvalue weighted by atomic mass is 9.85. The average molecular weight is 312 g/mol. The quantitative estimate of drug-likeness (QED) is 0.685. The van der Waals surface area contributed by atoms with Gasteiger partial charge in [0.05, 0.1) is 11.8 Å². The zero-order chi connectivity index (χ0) is 16.4. The number of anilines is 1. The van der Waals surface area contributed by atoms with Crippen molar-refractivity contribution < 1.29 is 14.4 Å². The number of fused-ring (bicyclic) bond motifs is 1. The van der Waals surface area contributed by atoms with Crippen LogP contribution in [0.25, 0.3) is 0 Å². The summed E-state index contributed by atoms with van der Waals surface area (Å²) >= 11 is 0. The summed E-state index contributed by atoms with van der Waals surface area (Å²) in [4.78, 5) is 37.9.